The van der Waals surface area contributed by atoms with Crippen molar-refractivity contribution in [3.8, 4) is 0 Å². The highest BCUT2D eigenvalue weighted by molar-refractivity contribution is 6.38. The highest BCUT2D eigenvalue weighted by Gasteiger charge is 2.80. The fourth-order valence-corrected chi connectivity index (χ4v) is 7.45. The Balaban J connectivity index is 1.67. The molecule has 2 amide bonds. The molecule has 36 heavy (non-hydrogen) atoms. The second-order valence-electron chi connectivity index (χ2n) is 10.2. The Labute approximate surface area is 215 Å². The van der Waals surface area contributed by atoms with Crippen LogP contribution in [0.2, 0.25) is 5.02 Å². The zero-order valence-electron chi connectivity index (χ0n) is 20.2. The standard InChI is InChI=1S/C31H26ClNO3/c1-3-18-31-24(20-14-8-5-9-15-20)23(19-12-6-4-7-13-19)30(2,29(31)36)25-26(31)28(35)33(27(25)34)22-17-11-10-16-21(22)32/h4-17,25-26H,3,18H2,1-2H3/t25-,26+,30+,31+/m0/s1. The first kappa shape index (κ1) is 22.9. The molecule has 1 saturated carbocycles. The number of hydrogen-bond donors (Lipinski definition) is 0. The number of para-hydroxylation sites is 1. The number of hydrogen-bond acceptors (Lipinski definition) is 3. The van der Waals surface area contributed by atoms with Gasteiger partial charge in [-0.25, -0.2) is 4.90 Å². The molecular formula is C31H26ClNO3. The van der Waals surface area contributed by atoms with Crippen molar-refractivity contribution in [3.63, 3.8) is 0 Å². The zero-order valence-corrected chi connectivity index (χ0v) is 21.0. The number of allylic oxidation sites excluding steroid dienone is 2. The molecule has 0 spiro atoms. The van der Waals surface area contributed by atoms with Crippen molar-refractivity contribution in [2.45, 2.75) is 26.7 Å². The number of halogens is 1. The van der Waals surface area contributed by atoms with Gasteiger partial charge < -0.3 is 0 Å². The average molecular weight is 496 g/mol. The maximum absolute atomic E-state index is 14.6. The minimum atomic E-state index is -1.13. The van der Waals surface area contributed by atoms with E-state index < -0.39 is 22.7 Å². The fourth-order valence-electron chi connectivity index (χ4n) is 7.23. The smallest absolute Gasteiger partial charge is 0.239 e. The number of carbonyl (C=O) groups is 3. The lowest BCUT2D eigenvalue weighted by Crippen LogP contribution is -2.41. The third kappa shape index (κ3) is 2.68. The van der Waals surface area contributed by atoms with Crippen LogP contribution in [0.1, 0.15) is 37.8 Å². The number of nitrogens with zero attached hydrogens (tertiary/aromatic N) is 1. The first-order valence-corrected chi connectivity index (χ1v) is 12.8. The topological polar surface area (TPSA) is 54.5 Å². The number of imide groups is 1. The lowest BCUT2D eigenvalue weighted by atomic mass is 9.61. The van der Waals surface area contributed by atoms with E-state index in [0.29, 0.717) is 23.6 Å². The molecule has 4 nitrogen and oxygen atoms in total. The number of amides is 2. The Morgan fingerprint density at radius 2 is 1.28 bits per heavy atom. The number of fused-ring (bicyclic) bond motifs is 5. The van der Waals surface area contributed by atoms with Gasteiger partial charge in [0.1, 0.15) is 0 Å². The van der Waals surface area contributed by atoms with Crippen LogP contribution in [-0.2, 0) is 14.4 Å². The summed E-state index contributed by atoms with van der Waals surface area (Å²) in [5, 5.41) is 0.340. The molecule has 4 atom stereocenters. The van der Waals surface area contributed by atoms with Crippen molar-refractivity contribution < 1.29 is 14.4 Å². The monoisotopic (exact) mass is 495 g/mol. The van der Waals surface area contributed by atoms with E-state index >= 15 is 0 Å². The SMILES string of the molecule is CCC[C@@]12C(=O)[C@](C)(C(c3ccccc3)=C1c1ccccc1)[C@@H]1C(=O)N(c3ccccc3Cl)C(=O)[C@@H]12. The number of anilines is 1. The van der Waals surface area contributed by atoms with Crippen LogP contribution in [0.25, 0.3) is 11.1 Å². The maximum atomic E-state index is 14.6. The van der Waals surface area contributed by atoms with Crippen LogP contribution < -0.4 is 4.90 Å². The van der Waals surface area contributed by atoms with E-state index in [2.05, 4.69) is 0 Å². The Morgan fingerprint density at radius 1 is 0.750 bits per heavy atom. The quantitative estimate of drug-likeness (QED) is 0.382. The highest BCUT2D eigenvalue weighted by Crippen LogP contribution is 2.75. The van der Waals surface area contributed by atoms with Gasteiger partial charge in [0.25, 0.3) is 0 Å². The molecule has 2 aliphatic carbocycles. The maximum Gasteiger partial charge on any atom is 0.239 e. The van der Waals surface area contributed by atoms with Crippen molar-refractivity contribution in [1.82, 2.24) is 0 Å². The normalized spacial score (nSPS) is 28.9. The molecule has 1 saturated heterocycles. The van der Waals surface area contributed by atoms with Crippen LogP contribution >= 0.6 is 11.6 Å². The minimum Gasteiger partial charge on any atom is -0.298 e. The third-order valence-electron chi connectivity index (χ3n) is 8.41. The number of rotatable bonds is 5. The van der Waals surface area contributed by atoms with E-state index in [9.17, 15) is 14.4 Å². The predicted octanol–water partition coefficient (Wildman–Crippen LogP) is 6.45. The van der Waals surface area contributed by atoms with Crippen molar-refractivity contribution >= 4 is 46.0 Å². The Bertz CT molecular complexity index is 1450. The van der Waals surface area contributed by atoms with E-state index in [1.54, 1.807) is 24.3 Å². The van der Waals surface area contributed by atoms with Crippen LogP contribution in [0, 0.1) is 22.7 Å². The van der Waals surface area contributed by atoms with Gasteiger partial charge in [0.05, 0.1) is 33.4 Å². The van der Waals surface area contributed by atoms with Crippen LogP contribution in [0.3, 0.4) is 0 Å². The van der Waals surface area contributed by atoms with E-state index in [1.807, 2.05) is 74.5 Å². The van der Waals surface area contributed by atoms with Gasteiger partial charge in [-0.05, 0) is 47.8 Å². The van der Waals surface area contributed by atoms with Gasteiger partial charge in [-0.15, -0.1) is 0 Å². The van der Waals surface area contributed by atoms with Gasteiger partial charge in [-0.1, -0.05) is 97.7 Å². The second kappa shape index (κ2) is 8.01. The van der Waals surface area contributed by atoms with Gasteiger partial charge in [0.2, 0.25) is 11.8 Å². The molecule has 180 valence electrons. The Morgan fingerprint density at radius 3 is 1.86 bits per heavy atom. The average Bonchev–Trinajstić information content (AvgIpc) is 3.35. The molecule has 0 N–H and O–H groups in total. The zero-order chi connectivity index (χ0) is 25.2. The van der Waals surface area contributed by atoms with Crippen molar-refractivity contribution in [3.05, 3.63) is 101 Å². The van der Waals surface area contributed by atoms with Crippen LogP contribution in [0.15, 0.2) is 84.9 Å². The van der Waals surface area contributed by atoms with Crippen LogP contribution in [0.4, 0.5) is 5.69 Å². The Kier molecular flexibility index (Phi) is 5.10. The predicted molar refractivity (Wildman–Crippen MR) is 141 cm³/mol. The number of Topliss-reactive ketones (excluding diaryl/α,β-unsaturated/α-hetero) is 1. The Hall–Kier alpha value is -3.50. The molecule has 3 aliphatic rings. The lowest BCUT2D eigenvalue weighted by Gasteiger charge is -2.37. The molecule has 6 rings (SSSR count). The van der Waals surface area contributed by atoms with E-state index in [-0.39, 0.29) is 17.6 Å². The molecule has 1 aliphatic heterocycles. The molecule has 3 aromatic carbocycles. The summed E-state index contributed by atoms with van der Waals surface area (Å²) in [6.07, 6.45) is 1.20. The summed E-state index contributed by atoms with van der Waals surface area (Å²) in [5.74, 6) is -2.22. The minimum absolute atomic E-state index is 0.00920. The molecule has 1 heterocycles. The van der Waals surface area contributed by atoms with Gasteiger partial charge in [0.15, 0.2) is 5.78 Å². The van der Waals surface area contributed by atoms with Crippen molar-refractivity contribution in [1.29, 1.82) is 0 Å². The van der Waals surface area contributed by atoms with E-state index in [4.69, 9.17) is 11.6 Å². The van der Waals surface area contributed by atoms with Gasteiger partial charge in [-0.3, -0.25) is 14.4 Å². The summed E-state index contributed by atoms with van der Waals surface area (Å²) in [6, 6.07) is 26.6. The second-order valence-corrected chi connectivity index (χ2v) is 10.6. The molecule has 5 heteroatoms. The van der Waals surface area contributed by atoms with Crippen LogP contribution in [-0.4, -0.2) is 17.6 Å². The lowest BCUT2D eigenvalue weighted by molar-refractivity contribution is -0.134. The largest absolute Gasteiger partial charge is 0.298 e. The number of carbonyl (C=O) groups excluding carboxylic acids is 3. The summed E-state index contributed by atoms with van der Waals surface area (Å²) in [4.78, 5) is 44.2. The summed E-state index contributed by atoms with van der Waals surface area (Å²) >= 11 is 6.46. The summed E-state index contributed by atoms with van der Waals surface area (Å²) < 4.78 is 0. The molecule has 0 unspecified atom stereocenters. The molecule has 0 aromatic heterocycles. The third-order valence-corrected chi connectivity index (χ3v) is 8.73. The molecule has 2 fully saturated rings. The first-order valence-electron chi connectivity index (χ1n) is 12.4. The van der Waals surface area contributed by atoms with Gasteiger partial charge in [0, 0.05) is 0 Å². The molecular weight excluding hydrogens is 470 g/mol. The van der Waals surface area contributed by atoms with Crippen molar-refractivity contribution in [2.24, 2.45) is 22.7 Å². The van der Waals surface area contributed by atoms with E-state index in [1.165, 1.54) is 4.90 Å². The fraction of sp³-hybridized carbons (Fsp3) is 0.258. The van der Waals surface area contributed by atoms with Crippen LogP contribution in [0.5, 0.6) is 0 Å². The molecule has 0 radical (unpaired) electrons. The molecule has 2 bridgehead atoms. The first-order chi connectivity index (χ1) is 17.4. The highest BCUT2D eigenvalue weighted by atomic mass is 35.5. The summed E-state index contributed by atoms with van der Waals surface area (Å²) in [5.41, 5.74) is 1.78. The number of ketones is 1. The molecule has 3 aromatic rings. The van der Waals surface area contributed by atoms with E-state index in [0.717, 1.165) is 22.3 Å². The van der Waals surface area contributed by atoms with Crippen molar-refractivity contribution in [2.75, 3.05) is 4.90 Å². The number of benzene rings is 3. The van der Waals surface area contributed by atoms with Gasteiger partial charge in [-0.2, -0.15) is 0 Å². The van der Waals surface area contributed by atoms with Gasteiger partial charge >= 0.3 is 0 Å². The summed E-state index contributed by atoms with van der Waals surface area (Å²) in [6.45, 7) is 3.91. The summed E-state index contributed by atoms with van der Waals surface area (Å²) in [7, 11) is 0.